The zero-order valence-electron chi connectivity index (χ0n) is 18.2. The first-order chi connectivity index (χ1) is 16.6. The highest BCUT2D eigenvalue weighted by molar-refractivity contribution is 7.99. The van der Waals surface area contributed by atoms with Crippen LogP contribution in [0.3, 0.4) is 0 Å². The van der Waals surface area contributed by atoms with E-state index in [1.165, 1.54) is 18.1 Å². The first-order valence-electron chi connectivity index (χ1n) is 10.5. The third-order valence-corrected chi connectivity index (χ3v) is 6.59. The van der Waals surface area contributed by atoms with Gasteiger partial charge in [0, 0.05) is 17.3 Å². The zero-order valence-corrected chi connectivity index (χ0v) is 19.8. The number of benzene rings is 2. The average molecular weight is 494 g/mol. The lowest BCUT2D eigenvalue weighted by molar-refractivity contribution is 0.411. The number of anilines is 1. The predicted octanol–water partition coefficient (Wildman–Crippen LogP) is 3.95. The molecule has 0 radical (unpaired) electrons. The van der Waals surface area contributed by atoms with Gasteiger partial charge >= 0.3 is 0 Å². The summed E-state index contributed by atoms with van der Waals surface area (Å²) in [7, 11) is 1.58. The minimum atomic E-state index is -0.179. The lowest BCUT2D eigenvalue weighted by Gasteiger charge is -2.16. The molecule has 5 aromatic rings. The molecule has 0 aliphatic carbocycles. The predicted molar refractivity (Wildman–Crippen MR) is 134 cm³/mol. The lowest BCUT2D eigenvalue weighted by atomic mass is 10.2. The largest absolute Gasteiger partial charge is 0.495 e. The molecule has 3 aromatic heterocycles. The summed E-state index contributed by atoms with van der Waals surface area (Å²) < 4.78 is 9.05. The van der Waals surface area contributed by atoms with Crippen molar-refractivity contribution in [1.29, 1.82) is 0 Å². The van der Waals surface area contributed by atoms with Gasteiger partial charge in [-0.1, -0.05) is 35.5 Å². The average Bonchev–Trinajstić information content (AvgIpc) is 3.26. The summed E-state index contributed by atoms with van der Waals surface area (Å²) in [5.74, 6) is 1.65. The summed E-state index contributed by atoms with van der Waals surface area (Å²) in [6.45, 7) is 0.679. The molecule has 0 atom stereocenters. The number of nitrogen functional groups attached to an aromatic ring is 1. The number of para-hydroxylation sites is 2. The highest BCUT2D eigenvalue weighted by Crippen LogP contribution is 2.28. The zero-order chi connectivity index (χ0) is 23.7. The van der Waals surface area contributed by atoms with Crippen LogP contribution in [0, 0.1) is 0 Å². The molecule has 172 valence electrons. The van der Waals surface area contributed by atoms with Crippen LogP contribution in [0.5, 0.6) is 5.75 Å². The molecule has 0 saturated heterocycles. The van der Waals surface area contributed by atoms with E-state index in [2.05, 4.69) is 15.0 Å². The van der Waals surface area contributed by atoms with Crippen molar-refractivity contribution in [2.45, 2.75) is 18.1 Å². The fourth-order valence-corrected chi connectivity index (χ4v) is 4.82. The lowest BCUT2D eigenvalue weighted by Crippen LogP contribution is -2.22. The number of nitrogens with zero attached hydrogens (tertiary/aromatic N) is 6. The van der Waals surface area contributed by atoms with Crippen LogP contribution in [0.25, 0.3) is 27.8 Å². The topological polar surface area (TPSA) is 114 Å². The smallest absolute Gasteiger partial charge is 0.266 e. The molecule has 0 fully saturated rings. The molecule has 0 amide bonds. The molecule has 0 aliphatic heterocycles. The number of thioether (sulfide) groups is 1. The number of fused-ring (bicyclic) bond motifs is 2. The number of ether oxygens (including phenoxy) is 1. The Hall–Kier alpha value is -3.63. The summed E-state index contributed by atoms with van der Waals surface area (Å²) in [5, 5.41) is 1.58. The second kappa shape index (κ2) is 9.32. The van der Waals surface area contributed by atoms with E-state index < -0.39 is 0 Å². The van der Waals surface area contributed by atoms with Gasteiger partial charge in [-0.25, -0.2) is 19.9 Å². The van der Waals surface area contributed by atoms with Crippen LogP contribution in [0.1, 0.15) is 6.42 Å². The van der Waals surface area contributed by atoms with Crippen LogP contribution in [0.2, 0.25) is 5.02 Å². The van der Waals surface area contributed by atoms with Crippen molar-refractivity contribution in [2.75, 3.05) is 18.6 Å². The third-order valence-electron chi connectivity index (χ3n) is 5.33. The minimum absolute atomic E-state index is 0.179. The first-order valence-corrected chi connectivity index (χ1v) is 11.8. The molecule has 3 heterocycles. The van der Waals surface area contributed by atoms with Gasteiger partial charge < -0.3 is 15.0 Å². The quantitative estimate of drug-likeness (QED) is 0.206. The Balaban J connectivity index is 1.46. The van der Waals surface area contributed by atoms with Gasteiger partial charge in [-0.15, -0.1) is 0 Å². The van der Waals surface area contributed by atoms with Crippen molar-refractivity contribution in [1.82, 2.24) is 29.1 Å². The molecular weight excluding hydrogens is 474 g/mol. The first kappa shape index (κ1) is 22.2. The minimum Gasteiger partial charge on any atom is -0.495 e. The molecular formula is C23H20ClN7O2S. The molecule has 2 aromatic carbocycles. The number of rotatable bonds is 7. The number of hydrogen-bond donors (Lipinski definition) is 1. The summed E-state index contributed by atoms with van der Waals surface area (Å²) >= 11 is 7.66. The third kappa shape index (κ3) is 4.06. The van der Waals surface area contributed by atoms with E-state index in [-0.39, 0.29) is 5.56 Å². The SMILES string of the molecule is COc1ccccc1-n1c(SCCCn2cnc3c(N)ncnc32)nc2cc(Cl)ccc2c1=O. The molecule has 11 heteroatoms. The van der Waals surface area contributed by atoms with E-state index in [9.17, 15) is 4.79 Å². The number of aromatic nitrogens is 6. The number of methoxy groups -OCH3 is 1. The van der Waals surface area contributed by atoms with Crippen molar-refractivity contribution in [2.24, 2.45) is 0 Å². The normalized spacial score (nSPS) is 11.4. The Morgan fingerprint density at radius 2 is 2.00 bits per heavy atom. The summed E-state index contributed by atoms with van der Waals surface area (Å²) in [4.78, 5) is 30.8. The van der Waals surface area contributed by atoms with Gasteiger partial charge in [0.25, 0.3) is 5.56 Å². The van der Waals surface area contributed by atoms with Crippen LogP contribution >= 0.6 is 23.4 Å². The van der Waals surface area contributed by atoms with E-state index >= 15 is 0 Å². The molecule has 0 saturated carbocycles. The molecule has 34 heavy (non-hydrogen) atoms. The number of imidazole rings is 1. The number of aryl methyl sites for hydroxylation is 1. The van der Waals surface area contributed by atoms with Gasteiger partial charge in [-0.2, -0.15) is 0 Å². The number of nitrogens with two attached hydrogens (primary N) is 1. The molecule has 0 spiro atoms. The highest BCUT2D eigenvalue weighted by atomic mass is 35.5. The van der Waals surface area contributed by atoms with E-state index in [1.54, 1.807) is 36.2 Å². The Morgan fingerprint density at radius 3 is 2.85 bits per heavy atom. The van der Waals surface area contributed by atoms with Gasteiger partial charge in [0.05, 0.1) is 30.0 Å². The van der Waals surface area contributed by atoms with E-state index in [1.807, 2.05) is 28.8 Å². The summed E-state index contributed by atoms with van der Waals surface area (Å²) in [6.07, 6.45) is 3.93. The molecule has 0 unspecified atom stereocenters. The number of halogens is 1. The summed E-state index contributed by atoms with van der Waals surface area (Å²) in [5.41, 5.74) is 8.17. The molecule has 5 rings (SSSR count). The van der Waals surface area contributed by atoms with Gasteiger partial charge in [0.2, 0.25) is 0 Å². The van der Waals surface area contributed by atoms with Crippen molar-refractivity contribution in [3.8, 4) is 11.4 Å². The molecule has 0 bridgehead atoms. The second-order valence-corrected chi connectivity index (χ2v) is 8.94. The van der Waals surface area contributed by atoms with E-state index in [0.717, 1.165) is 6.42 Å². The van der Waals surface area contributed by atoms with Gasteiger partial charge in [-0.3, -0.25) is 9.36 Å². The van der Waals surface area contributed by atoms with E-state index in [4.69, 9.17) is 27.1 Å². The Morgan fingerprint density at radius 1 is 1.15 bits per heavy atom. The molecule has 9 nitrogen and oxygen atoms in total. The van der Waals surface area contributed by atoms with Crippen molar-refractivity contribution in [3.63, 3.8) is 0 Å². The Bertz CT molecular complexity index is 1570. The van der Waals surface area contributed by atoms with Gasteiger partial charge in [-0.05, 0) is 36.8 Å². The van der Waals surface area contributed by atoms with Crippen LogP contribution < -0.4 is 16.0 Å². The Labute approximate surface area is 203 Å². The molecule has 0 aliphatic rings. The summed E-state index contributed by atoms with van der Waals surface area (Å²) in [6, 6.07) is 12.5. The van der Waals surface area contributed by atoms with Gasteiger partial charge in [0.15, 0.2) is 16.6 Å². The van der Waals surface area contributed by atoms with Crippen LogP contribution in [0.15, 0.2) is 65.1 Å². The maximum Gasteiger partial charge on any atom is 0.266 e. The van der Waals surface area contributed by atoms with Crippen molar-refractivity contribution >= 4 is 51.2 Å². The fraction of sp³-hybridized carbons (Fsp3) is 0.174. The monoisotopic (exact) mass is 493 g/mol. The second-order valence-electron chi connectivity index (χ2n) is 7.44. The maximum atomic E-state index is 13.5. The van der Waals surface area contributed by atoms with Crippen molar-refractivity contribution < 1.29 is 4.74 Å². The molecule has 2 N–H and O–H groups in total. The maximum absolute atomic E-state index is 13.5. The standard InChI is InChI=1S/C23H20ClN7O2S/c1-33-18-6-3-2-5-17(18)31-22(32)15-8-7-14(24)11-16(15)29-23(31)34-10-4-9-30-13-28-19-20(25)26-12-27-21(19)30/h2-3,5-8,11-13H,4,9-10H2,1H3,(H2,25,26,27). The Kier molecular flexibility index (Phi) is 6.08. The van der Waals surface area contributed by atoms with Crippen LogP contribution in [-0.2, 0) is 6.54 Å². The highest BCUT2D eigenvalue weighted by Gasteiger charge is 2.17. The van der Waals surface area contributed by atoms with Crippen molar-refractivity contribution in [3.05, 3.63) is 70.5 Å². The number of hydrogen-bond acceptors (Lipinski definition) is 8. The van der Waals surface area contributed by atoms with Crippen LogP contribution in [-0.4, -0.2) is 41.9 Å². The van der Waals surface area contributed by atoms with Crippen LogP contribution in [0.4, 0.5) is 5.82 Å². The fourth-order valence-electron chi connectivity index (χ4n) is 3.72. The van der Waals surface area contributed by atoms with Gasteiger partial charge in [0.1, 0.15) is 17.6 Å². The van der Waals surface area contributed by atoms with E-state index in [0.29, 0.717) is 61.8 Å².